The molecule has 0 spiro atoms. The lowest BCUT2D eigenvalue weighted by atomic mass is 10.0. The molecule has 1 rings (SSSR count). The van der Waals surface area contributed by atoms with Crippen LogP contribution >= 0.6 is 0 Å². The van der Waals surface area contributed by atoms with Crippen LogP contribution in [0.5, 0.6) is 0 Å². The first-order chi connectivity index (χ1) is 6.34. The van der Waals surface area contributed by atoms with E-state index >= 15 is 0 Å². The molecule has 0 heterocycles. The highest BCUT2D eigenvalue weighted by molar-refractivity contribution is 5.30. The first-order valence-electron chi connectivity index (χ1n) is 3.91. The van der Waals surface area contributed by atoms with Crippen molar-refractivity contribution in [2.75, 3.05) is 0 Å². The molecule has 0 aliphatic carbocycles. The fourth-order valence-electron chi connectivity index (χ4n) is 1.14. The van der Waals surface area contributed by atoms with Crippen LogP contribution in [0.4, 0.5) is 17.6 Å². The predicted octanol–water partition coefficient (Wildman–Crippen LogP) is 2.70. The Morgan fingerprint density at radius 3 is 2.36 bits per heavy atom. The van der Waals surface area contributed by atoms with E-state index in [2.05, 4.69) is 0 Å². The molecule has 1 aromatic rings. The second-order valence-electron chi connectivity index (χ2n) is 2.97. The maximum absolute atomic E-state index is 12.9. The Bertz CT molecular complexity index is 332. The summed E-state index contributed by atoms with van der Waals surface area (Å²) in [6.07, 6.45) is -4.54. The molecule has 0 aliphatic rings. The van der Waals surface area contributed by atoms with Gasteiger partial charge in [0.05, 0.1) is 0 Å². The van der Waals surface area contributed by atoms with Crippen LogP contribution in [0.1, 0.15) is 17.2 Å². The van der Waals surface area contributed by atoms with E-state index in [1.54, 1.807) is 0 Å². The number of benzene rings is 1. The molecule has 0 aromatic heterocycles. The number of rotatable bonds is 1. The van der Waals surface area contributed by atoms with Crippen molar-refractivity contribution in [3.05, 3.63) is 35.1 Å². The van der Waals surface area contributed by atoms with E-state index in [9.17, 15) is 17.6 Å². The molecular weight excluding hydrogens is 198 g/mol. The number of hydrogen-bond acceptors (Lipinski definition) is 1. The molecule has 0 saturated heterocycles. The van der Waals surface area contributed by atoms with Gasteiger partial charge in [-0.05, 0) is 24.1 Å². The minimum Gasteiger partial charge on any atom is -0.316 e. The molecule has 0 amide bonds. The van der Waals surface area contributed by atoms with Gasteiger partial charge >= 0.3 is 6.18 Å². The highest BCUT2D eigenvalue weighted by atomic mass is 19.4. The standard InChI is InChI=1S/C9H9F4N/c1-5-6(3-2-4-7(5)10)8(14)9(11,12)13/h2-4,8H,14H2,1H3/t8-/m0/s1. The van der Waals surface area contributed by atoms with E-state index < -0.39 is 18.0 Å². The fourth-order valence-corrected chi connectivity index (χ4v) is 1.14. The van der Waals surface area contributed by atoms with Gasteiger partial charge in [0.15, 0.2) is 0 Å². The van der Waals surface area contributed by atoms with Crippen LogP contribution in [0, 0.1) is 12.7 Å². The lowest BCUT2D eigenvalue weighted by Crippen LogP contribution is -2.29. The SMILES string of the molecule is Cc1c(F)cccc1[C@H](N)C(F)(F)F. The van der Waals surface area contributed by atoms with Crippen molar-refractivity contribution in [2.24, 2.45) is 5.73 Å². The van der Waals surface area contributed by atoms with E-state index in [0.29, 0.717) is 0 Å². The van der Waals surface area contributed by atoms with Crippen LogP contribution in [0.2, 0.25) is 0 Å². The number of halogens is 4. The van der Waals surface area contributed by atoms with Crippen LogP contribution in [0.3, 0.4) is 0 Å². The minimum atomic E-state index is -4.54. The molecular formula is C9H9F4N. The van der Waals surface area contributed by atoms with Crippen LogP contribution in [0.25, 0.3) is 0 Å². The third-order valence-corrected chi connectivity index (χ3v) is 2.00. The average Bonchev–Trinajstić information content (AvgIpc) is 2.07. The van der Waals surface area contributed by atoms with E-state index in [1.807, 2.05) is 0 Å². The summed E-state index contributed by atoms with van der Waals surface area (Å²) in [6, 6.07) is 1.36. The first-order valence-corrected chi connectivity index (χ1v) is 3.91. The Kier molecular flexibility index (Phi) is 2.80. The second kappa shape index (κ2) is 3.57. The average molecular weight is 207 g/mol. The van der Waals surface area contributed by atoms with Gasteiger partial charge in [0, 0.05) is 0 Å². The molecule has 0 aliphatic heterocycles. The minimum absolute atomic E-state index is 0.0580. The van der Waals surface area contributed by atoms with Crippen molar-refractivity contribution in [1.29, 1.82) is 0 Å². The largest absolute Gasteiger partial charge is 0.407 e. The maximum Gasteiger partial charge on any atom is 0.407 e. The monoisotopic (exact) mass is 207 g/mol. The van der Waals surface area contributed by atoms with Crippen LogP contribution < -0.4 is 5.73 Å². The molecule has 0 radical (unpaired) electrons. The van der Waals surface area contributed by atoms with Crippen molar-refractivity contribution in [1.82, 2.24) is 0 Å². The topological polar surface area (TPSA) is 26.0 Å². The van der Waals surface area contributed by atoms with E-state index in [-0.39, 0.29) is 11.1 Å². The Hall–Kier alpha value is -1.10. The number of alkyl halides is 3. The van der Waals surface area contributed by atoms with Crippen LogP contribution in [-0.4, -0.2) is 6.18 Å². The summed E-state index contributed by atoms with van der Waals surface area (Å²) in [7, 11) is 0. The van der Waals surface area contributed by atoms with E-state index in [1.165, 1.54) is 19.1 Å². The summed E-state index contributed by atoms with van der Waals surface area (Å²) >= 11 is 0. The smallest absolute Gasteiger partial charge is 0.316 e. The van der Waals surface area contributed by atoms with Gasteiger partial charge in [-0.15, -0.1) is 0 Å². The van der Waals surface area contributed by atoms with E-state index in [4.69, 9.17) is 5.73 Å². The highest BCUT2D eigenvalue weighted by Crippen LogP contribution is 2.32. The van der Waals surface area contributed by atoms with Gasteiger partial charge in [-0.1, -0.05) is 12.1 Å². The Morgan fingerprint density at radius 2 is 1.86 bits per heavy atom. The molecule has 0 saturated carbocycles. The molecule has 1 nitrogen and oxygen atoms in total. The van der Waals surface area contributed by atoms with Gasteiger partial charge in [-0.25, -0.2) is 4.39 Å². The molecule has 14 heavy (non-hydrogen) atoms. The Balaban J connectivity index is 3.14. The van der Waals surface area contributed by atoms with Crippen molar-refractivity contribution in [2.45, 2.75) is 19.1 Å². The van der Waals surface area contributed by atoms with Gasteiger partial charge in [-0.3, -0.25) is 0 Å². The van der Waals surface area contributed by atoms with Gasteiger partial charge in [0.1, 0.15) is 11.9 Å². The molecule has 0 bridgehead atoms. The zero-order chi connectivity index (χ0) is 10.9. The quantitative estimate of drug-likeness (QED) is 0.704. The zero-order valence-corrected chi connectivity index (χ0v) is 7.40. The normalized spacial score (nSPS) is 14.1. The molecule has 1 aromatic carbocycles. The molecule has 1 atom stereocenters. The third-order valence-electron chi connectivity index (χ3n) is 2.00. The predicted molar refractivity (Wildman–Crippen MR) is 44.1 cm³/mol. The second-order valence-corrected chi connectivity index (χ2v) is 2.97. The van der Waals surface area contributed by atoms with Crippen molar-refractivity contribution >= 4 is 0 Å². The Labute approximate surface area is 78.5 Å². The lowest BCUT2D eigenvalue weighted by molar-refractivity contribution is -0.149. The summed E-state index contributed by atoms with van der Waals surface area (Å²) in [5.74, 6) is -0.679. The van der Waals surface area contributed by atoms with Gasteiger partial charge < -0.3 is 5.73 Å². The summed E-state index contributed by atoms with van der Waals surface area (Å²) in [6.45, 7) is 1.27. The Morgan fingerprint density at radius 1 is 1.29 bits per heavy atom. The highest BCUT2D eigenvalue weighted by Gasteiger charge is 2.38. The molecule has 0 unspecified atom stereocenters. The zero-order valence-electron chi connectivity index (χ0n) is 7.40. The van der Waals surface area contributed by atoms with Crippen LogP contribution in [-0.2, 0) is 0 Å². The van der Waals surface area contributed by atoms with Gasteiger partial charge in [-0.2, -0.15) is 13.2 Å². The number of hydrogen-bond donors (Lipinski definition) is 1. The number of nitrogens with two attached hydrogens (primary N) is 1. The van der Waals surface area contributed by atoms with Gasteiger partial charge in [0.25, 0.3) is 0 Å². The summed E-state index contributed by atoms with van der Waals surface area (Å²) in [5.41, 5.74) is 4.67. The molecule has 2 N–H and O–H groups in total. The maximum atomic E-state index is 12.9. The molecule has 5 heteroatoms. The fraction of sp³-hybridized carbons (Fsp3) is 0.333. The first kappa shape index (κ1) is 11.0. The lowest BCUT2D eigenvalue weighted by Gasteiger charge is -2.17. The third kappa shape index (κ3) is 2.04. The summed E-state index contributed by atoms with van der Waals surface area (Å²) < 4.78 is 49.5. The van der Waals surface area contributed by atoms with Crippen molar-refractivity contribution < 1.29 is 17.6 Å². The van der Waals surface area contributed by atoms with E-state index in [0.717, 1.165) is 6.07 Å². The molecule has 78 valence electrons. The van der Waals surface area contributed by atoms with Crippen LogP contribution in [0.15, 0.2) is 18.2 Å². The van der Waals surface area contributed by atoms with Gasteiger partial charge in [0.2, 0.25) is 0 Å². The summed E-state index contributed by atoms with van der Waals surface area (Å²) in [4.78, 5) is 0. The summed E-state index contributed by atoms with van der Waals surface area (Å²) in [5, 5.41) is 0. The van der Waals surface area contributed by atoms with Crippen molar-refractivity contribution in [3.63, 3.8) is 0 Å². The van der Waals surface area contributed by atoms with Crippen molar-refractivity contribution in [3.8, 4) is 0 Å². The molecule has 0 fully saturated rings.